The van der Waals surface area contributed by atoms with Crippen LogP contribution in [0.15, 0.2) is 36.4 Å². The van der Waals surface area contributed by atoms with Crippen molar-refractivity contribution in [2.24, 2.45) is 5.73 Å². The first-order valence-electron chi connectivity index (χ1n) is 6.31. The van der Waals surface area contributed by atoms with E-state index in [1.54, 1.807) is 0 Å². The summed E-state index contributed by atoms with van der Waals surface area (Å²) in [5, 5.41) is 15.6. The van der Waals surface area contributed by atoms with E-state index in [0.717, 1.165) is 17.9 Å². The van der Waals surface area contributed by atoms with Crippen LogP contribution in [0.2, 0.25) is 0 Å². The van der Waals surface area contributed by atoms with Crippen LogP contribution in [-0.4, -0.2) is 32.3 Å². The van der Waals surface area contributed by atoms with Crippen LogP contribution in [0, 0.1) is 0 Å². The number of nitrogens with zero attached hydrogens (tertiary/aromatic N) is 6. The number of tetrazole rings is 1. The molecule has 7 nitrogen and oxygen atoms in total. The number of hydrogen-bond acceptors (Lipinski definition) is 6. The first kappa shape index (κ1) is 12.5. The fourth-order valence-corrected chi connectivity index (χ4v) is 2.09. The number of hydrogen-bond donors (Lipinski definition) is 1. The molecule has 3 aromatic rings. The number of fused-ring (bicyclic) bond motifs is 1. The van der Waals surface area contributed by atoms with Crippen molar-refractivity contribution in [3.05, 3.63) is 47.5 Å². The topological polar surface area (TPSA) is 85.2 Å². The SMILES string of the molecule is CN(Cc1ccccc1CN)c1ccc2nnnn2n1. The number of anilines is 1. The lowest BCUT2D eigenvalue weighted by Crippen LogP contribution is -2.20. The molecular weight excluding hydrogens is 254 g/mol. The molecule has 0 fully saturated rings. The Kier molecular flexibility index (Phi) is 3.26. The molecule has 2 aromatic heterocycles. The maximum Gasteiger partial charge on any atom is 0.200 e. The van der Waals surface area contributed by atoms with Crippen LogP contribution < -0.4 is 10.6 Å². The molecule has 0 radical (unpaired) electrons. The fraction of sp³-hybridized carbons (Fsp3) is 0.231. The summed E-state index contributed by atoms with van der Waals surface area (Å²) in [6, 6.07) is 11.9. The largest absolute Gasteiger partial charge is 0.354 e. The third-order valence-electron chi connectivity index (χ3n) is 3.19. The van der Waals surface area contributed by atoms with E-state index in [0.29, 0.717) is 12.2 Å². The second-order valence-corrected chi connectivity index (χ2v) is 4.55. The Hall–Kier alpha value is -2.54. The zero-order valence-electron chi connectivity index (χ0n) is 11.1. The zero-order valence-corrected chi connectivity index (χ0v) is 11.1. The van der Waals surface area contributed by atoms with E-state index in [4.69, 9.17) is 5.73 Å². The molecule has 7 heteroatoms. The normalized spacial score (nSPS) is 10.9. The van der Waals surface area contributed by atoms with Crippen LogP contribution >= 0.6 is 0 Å². The van der Waals surface area contributed by atoms with Gasteiger partial charge in [0.15, 0.2) is 11.5 Å². The van der Waals surface area contributed by atoms with Gasteiger partial charge in [0.05, 0.1) is 0 Å². The summed E-state index contributed by atoms with van der Waals surface area (Å²) in [5.74, 6) is 0.802. The van der Waals surface area contributed by atoms with Gasteiger partial charge in [-0.2, -0.15) is 0 Å². The van der Waals surface area contributed by atoms with E-state index in [9.17, 15) is 0 Å². The molecule has 102 valence electrons. The summed E-state index contributed by atoms with van der Waals surface area (Å²) in [7, 11) is 1.98. The second-order valence-electron chi connectivity index (χ2n) is 4.55. The van der Waals surface area contributed by atoms with Gasteiger partial charge in [-0.15, -0.1) is 14.8 Å². The molecule has 0 aliphatic heterocycles. The Balaban J connectivity index is 1.86. The molecule has 2 heterocycles. The van der Waals surface area contributed by atoms with Gasteiger partial charge in [0, 0.05) is 20.1 Å². The van der Waals surface area contributed by atoms with Crippen LogP contribution in [0.4, 0.5) is 5.82 Å². The second kappa shape index (κ2) is 5.22. The third kappa shape index (κ3) is 2.30. The Labute approximate surface area is 116 Å². The number of nitrogens with two attached hydrogens (primary N) is 1. The first-order chi connectivity index (χ1) is 9.78. The van der Waals surface area contributed by atoms with E-state index in [2.05, 4.69) is 26.7 Å². The van der Waals surface area contributed by atoms with Gasteiger partial charge in [-0.1, -0.05) is 24.3 Å². The summed E-state index contributed by atoms with van der Waals surface area (Å²) in [4.78, 5) is 2.04. The molecule has 0 spiro atoms. The van der Waals surface area contributed by atoms with Crippen molar-refractivity contribution in [2.45, 2.75) is 13.1 Å². The van der Waals surface area contributed by atoms with Crippen LogP contribution in [0.5, 0.6) is 0 Å². The average Bonchev–Trinajstić information content (AvgIpc) is 2.95. The van der Waals surface area contributed by atoms with Gasteiger partial charge >= 0.3 is 0 Å². The lowest BCUT2D eigenvalue weighted by atomic mass is 10.1. The summed E-state index contributed by atoms with van der Waals surface area (Å²) in [6.45, 7) is 1.26. The van der Waals surface area contributed by atoms with Crippen molar-refractivity contribution in [1.82, 2.24) is 25.3 Å². The smallest absolute Gasteiger partial charge is 0.200 e. The predicted molar refractivity (Wildman–Crippen MR) is 75.0 cm³/mol. The van der Waals surface area contributed by atoms with Gasteiger partial charge in [0.2, 0.25) is 0 Å². The molecule has 0 aliphatic carbocycles. The van der Waals surface area contributed by atoms with Crippen LogP contribution in [0.1, 0.15) is 11.1 Å². The molecule has 0 unspecified atom stereocenters. The molecule has 0 saturated carbocycles. The van der Waals surface area contributed by atoms with Crippen LogP contribution in [0.25, 0.3) is 5.65 Å². The van der Waals surface area contributed by atoms with Crippen LogP contribution in [0.3, 0.4) is 0 Å². The zero-order chi connectivity index (χ0) is 13.9. The molecule has 1 aromatic carbocycles. The molecule has 0 saturated heterocycles. The molecular formula is C13H15N7. The van der Waals surface area contributed by atoms with Gasteiger partial charge in [-0.25, -0.2) is 0 Å². The van der Waals surface area contributed by atoms with Crippen molar-refractivity contribution in [3.63, 3.8) is 0 Å². The highest BCUT2D eigenvalue weighted by Gasteiger charge is 2.08. The summed E-state index contributed by atoms with van der Waals surface area (Å²) in [6.07, 6.45) is 0. The van der Waals surface area contributed by atoms with Crippen molar-refractivity contribution in [2.75, 3.05) is 11.9 Å². The fourth-order valence-electron chi connectivity index (χ4n) is 2.09. The third-order valence-corrected chi connectivity index (χ3v) is 3.19. The highest BCUT2D eigenvalue weighted by Crippen LogP contribution is 2.15. The Morgan fingerprint density at radius 1 is 1.15 bits per heavy atom. The van der Waals surface area contributed by atoms with Crippen molar-refractivity contribution < 1.29 is 0 Å². The lowest BCUT2D eigenvalue weighted by molar-refractivity contribution is 0.719. The van der Waals surface area contributed by atoms with Gasteiger partial charge in [0.25, 0.3) is 0 Å². The number of benzene rings is 1. The van der Waals surface area contributed by atoms with E-state index in [1.807, 2.05) is 42.3 Å². The summed E-state index contributed by atoms with van der Waals surface area (Å²) < 4.78 is 1.42. The molecule has 0 bridgehead atoms. The predicted octanol–water partition coefficient (Wildman–Crippen LogP) is 0.614. The maximum atomic E-state index is 5.76. The van der Waals surface area contributed by atoms with E-state index in [1.165, 1.54) is 10.2 Å². The standard InChI is InChI=1S/C13H15N7/c1-19(9-11-5-3-2-4-10(11)8-14)13-7-6-12-15-17-18-20(12)16-13/h2-7H,8-9,14H2,1H3. The Bertz CT molecular complexity index is 721. The molecule has 0 aliphatic rings. The summed E-state index contributed by atoms with van der Waals surface area (Å²) >= 11 is 0. The minimum absolute atomic E-state index is 0.531. The average molecular weight is 269 g/mol. The van der Waals surface area contributed by atoms with Gasteiger partial charge in [0.1, 0.15) is 0 Å². The highest BCUT2D eigenvalue weighted by atomic mass is 15.6. The van der Waals surface area contributed by atoms with Crippen LogP contribution in [-0.2, 0) is 13.1 Å². The first-order valence-corrected chi connectivity index (χ1v) is 6.31. The minimum Gasteiger partial charge on any atom is -0.354 e. The van der Waals surface area contributed by atoms with E-state index in [-0.39, 0.29) is 0 Å². The van der Waals surface area contributed by atoms with E-state index >= 15 is 0 Å². The molecule has 2 N–H and O–H groups in total. The molecule has 3 rings (SSSR count). The lowest BCUT2D eigenvalue weighted by Gasteiger charge is -2.19. The highest BCUT2D eigenvalue weighted by molar-refractivity contribution is 5.44. The minimum atomic E-state index is 0.531. The number of aromatic nitrogens is 5. The Morgan fingerprint density at radius 2 is 1.95 bits per heavy atom. The van der Waals surface area contributed by atoms with Gasteiger partial charge < -0.3 is 10.6 Å². The Morgan fingerprint density at radius 3 is 2.75 bits per heavy atom. The van der Waals surface area contributed by atoms with Crippen molar-refractivity contribution >= 4 is 11.5 Å². The summed E-state index contributed by atoms with van der Waals surface area (Å²) in [5.41, 5.74) is 8.72. The van der Waals surface area contributed by atoms with Crippen molar-refractivity contribution in [1.29, 1.82) is 0 Å². The molecule has 20 heavy (non-hydrogen) atoms. The number of rotatable bonds is 4. The monoisotopic (exact) mass is 269 g/mol. The van der Waals surface area contributed by atoms with Gasteiger partial charge in [-0.3, -0.25) is 0 Å². The quantitative estimate of drug-likeness (QED) is 0.747. The van der Waals surface area contributed by atoms with Gasteiger partial charge in [-0.05, 0) is 33.7 Å². The van der Waals surface area contributed by atoms with E-state index < -0.39 is 0 Å². The maximum absolute atomic E-state index is 5.76. The molecule has 0 atom stereocenters. The van der Waals surface area contributed by atoms with Crippen molar-refractivity contribution in [3.8, 4) is 0 Å². The molecule has 0 amide bonds.